The van der Waals surface area contributed by atoms with E-state index in [1.165, 1.54) is 18.7 Å². The van der Waals surface area contributed by atoms with Crippen LogP contribution in [0.15, 0.2) is 0 Å². The Labute approximate surface area is 143 Å². The highest BCUT2D eigenvalue weighted by Crippen LogP contribution is 2.08. The number of hydrogen-bond donors (Lipinski definition) is 5. The molecule has 0 saturated heterocycles. The van der Waals surface area contributed by atoms with Crippen molar-refractivity contribution in [1.82, 2.24) is 16.0 Å². The summed E-state index contributed by atoms with van der Waals surface area (Å²) in [6, 6.07) is -0.757. The number of nitrogens with two attached hydrogens (primary N) is 2. The van der Waals surface area contributed by atoms with Gasteiger partial charge in [-0.15, -0.1) is 0 Å². The minimum Gasteiger partial charge on any atom is -0.368 e. The van der Waals surface area contributed by atoms with Gasteiger partial charge in [0.15, 0.2) is 0 Å². The zero-order valence-electron chi connectivity index (χ0n) is 13.6. The lowest BCUT2D eigenvalue weighted by atomic mass is 10.2. The van der Waals surface area contributed by atoms with Crippen LogP contribution in [0.25, 0.3) is 0 Å². The summed E-state index contributed by atoms with van der Waals surface area (Å²) in [7, 11) is 0. The van der Waals surface area contributed by atoms with Gasteiger partial charge in [-0.05, 0) is 6.92 Å². The molecule has 0 aliphatic carbocycles. The molecule has 0 fully saturated rings. The molecule has 0 aromatic carbocycles. The van der Waals surface area contributed by atoms with Gasteiger partial charge in [0.1, 0.15) is 6.04 Å². The van der Waals surface area contributed by atoms with Crippen LogP contribution < -0.4 is 27.4 Å². The first-order valence-electron chi connectivity index (χ1n) is 7.12. The van der Waals surface area contributed by atoms with Crippen LogP contribution in [0.4, 0.5) is 0 Å². The Bertz CT molecular complexity index is 499. The Hall–Kier alpha value is -2.30. The van der Waals surface area contributed by atoms with Crippen LogP contribution >= 0.6 is 11.8 Å². The second kappa shape index (κ2) is 11.3. The van der Waals surface area contributed by atoms with Gasteiger partial charge in [0.25, 0.3) is 0 Å². The Morgan fingerprint density at radius 1 is 0.958 bits per heavy atom. The molecule has 0 spiro atoms. The number of carbonyl (C=O) groups excluding carboxylic acids is 5. The number of thioether (sulfide) groups is 1. The molecule has 0 rings (SSSR count). The quantitative estimate of drug-likeness (QED) is 0.263. The van der Waals surface area contributed by atoms with E-state index >= 15 is 0 Å². The van der Waals surface area contributed by atoms with Crippen LogP contribution in [0.1, 0.15) is 13.8 Å². The summed E-state index contributed by atoms with van der Waals surface area (Å²) in [4.78, 5) is 55.9. The lowest BCUT2D eigenvalue weighted by molar-refractivity contribution is -0.128. The molecule has 0 aromatic rings. The maximum absolute atomic E-state index is 11.8. The molecule has 7 N–H and O–H groups in total. The number of nitrogens with one attached hydrogen (secondary N) is 3. The Morgan fingerprint density at radius 2 is 1.54 bits per heavy atom. The van der Waals surface area contributed by atoms with Gasteiger partial charge in [-0.2, -0.15) is 11.8 Å². The maximum atomic E-state index is 11.8. The van der Waals surface area contributed by atoms with E-state index in [0.717, 1.165) is 0 Å². The van der Waals surface area contributed by atoms with Crippen molar-refractivity contribution >= 4 is 41.3 Å². The van der Waals surface area contributed by atoms with E-state index in [0.29, 0.717) is 5.75 Å². The molecule has 10 nitrogen and oxygen atoms in total. The van der Waals surface area contributed by atoms with Gasteiger partial charge in [-0.1, -0.05) is 6.92 Å². The third-order valence-electron chi connectivity index (χ3n) is 2.74. The van der Waals surface area contributed by atoms with Crippen LogP contribution in [-0.4, -0.2) is 60.2 Å². The van der Waals surface area contributed by atoms with E-state index in [9.17, 15) is 24.0 Å². The first-order chi connectivity index (χ1) is 11.1. The molecule has 0 aliphatic heterocycles. The smallest absolute Gasteiger partial charge is 0.239 e. The summed E-state index contributed by atoms with van der Waals surface area (Å²) in [5.74, 6) is -2.54. The number of rotatable bonds is 11. The molecule has 0 aliphatic rings. The average molecular weight is 361 g/mol. The molecule has 24 heavy (non-hydrogen) atoms. The maximum Gasteiger partial charge on any atom is 0.239 e. The predicted octanol–water partition coefficient (Wildman–Crippen LogP) is -2.94. The molecule has 0 radical (unpaired) electrons. The third-order valence-corrected chi connectivity index (χ3v) is 3.94. The summed E-state index contributed by atoms with van der Waals surface area (Å²) < 4.78 is 0. The fourth-order valence-electron chi connectivity index (χ4n) is 1.31. The summed E-state index contributed by atoms with van der Waals surface area (Å²) in [5.41, 5.74) is 9.91. The summed E-state index contributed by atoms with van der Waals surface area (Å²) in [6.45, 7) is 2.58. The molecular weight excluding hydrogens is 338 g/mol. The lowest BCUT2D eigenvalue weighted by Crippen LogP contribution is -2.44. The normalized spacial score (nSPS) is 12.6. The standard InChI is InChI=1S/C13H23N5O5S/c1-7(13(23)18-8(2)12(15)22)5-24-6-11(21)17-4-10(20)16-3-9(14)19/h7-8H,3-6H2,1-2H3,(H2,14,19)(H2,15,22)(H,16,20)(H,17,21)(H,18,23). The monoisotopic (exact) mass is 361 g/mol. The third kappa shape index (κ3) is 10.4. The van der Waals surface area contributed by atoms with Crippen molar-refractivity contribution < 1.29 is 24.0 Å². The number of hydrogen-bond acceptors (Lipinski definition) is 6. The zero-order chi connectivity index (χ0) is 18.7. The Kier molecular flexibility index (Phi) is 10.2. The summed E-state index contributed by atoms with van der Waals surface area (Å²) >= 11 is 1.21. The molecule has 0 bridgehead atoms. The van der Waals surface area contributed by atoms with Crippen molar-refractivity contribution in [2.45, 2.75) is 19.9 Å². The van der Waals surface area contributed by atoms with Crippen molar-refractivity contribution in [2.24, 2.45) is 17.4 Å². The molecule has 5 amide bonds. The molecule has 2 atom stereocenters. The number of amides is 5. The molecular formula is C13H23N5O5S. The topological polar surface area (TPSA) is 173 Å². The minimum absolute atomic E-state index is 0.0616. The second-order valence-electron chi connectivity index (χ2n) is 5.07. The highest BCUT2D eigenvalue weighted by atomic mass is 32.2. The number of primary amides is 2. The molecule has 2 unspecified atom stereocenters. The van der Waals surface area contributed by atoms with E-state index < -0.39 is 29.7 Å². The van der Waals surface area contributed by atoms with Crippen LogP contribution in [0, 0.1) is 5.92 Å². The zero-order valence-corrected chi connectivity index (χ0v) is 14.4. The molecule has 0 aromatic heterocycles. The minimum atomic E-state index is -0.757. The van der Waals surface area contributed by atoms with Gasteiger partial charge in [0.2, 0.25) is 29.5 Å². The van der Waals surface area contributed by atoms with Gasteiger partial charge in [-0.3, -0.25) is 24.0 Å². The van der Waals surface area contributed by atoms with E-state index in [4.69, 9.17) is 11.5 Å². The van der Waals surface area contributed by atoms with Crippen molar-refractivity contribution in [2.75, 3.05) is 24.6 Å². The first-order valence-corrected chi connectivity index (χ1v) is 8.28. The number of carbonyl (C=O) groups is 5. The van der Waals surface area contributed by atoms with E-state index in [1.807, 2.05) is 0 Å². The van der Waals surface area contributed by atoms with E-state index in [1.54, 1.807) is 6.92 Å². The molecule has 0 heterocycles. The Balaban J connectivity index is 3.91. The second-order valence-corrected chi connectivity index (χ2v) is 6.10. The van der Waals surface area contributed by atoms with Crippen LogP contribution in [0.5, 0.6) is 0 Å². The van der Waals surface area contributed by atoms with E-state index in [2.05, 4.69) is 16.0 Å². The largest absolute Gasteiger partial charge is 0.368 e. The van der Waals surface area contributed by atoms with Crippen LogP contribution in [0.3, 0.4) is 0 Å². The van der Waals surface area contributed by atoms with Gasteiger partial charge in [0, 0.05) is 11.7 Å². The highest BCUT2D eigenvalue weighted by Gasteiger charge is 2.18. The molecule has 136 valence electrons. The first kappa shape index (κ1) is 21.7. The highest BCUT2D eigenvalue weighted by molar-refractivity contribution is 7.99. The van der Waals surface area contributed by atoms with E-state index in [-0.39, 0.29) is 30.7 Å². The van der Waals surface area contributed by atoms with Gasteiger partial charge >= 0.3 is 0 Å². The van der Waals surface area contributed by atoms with Crippen molar-refractivity contribution in [3.8, 4) is 0 Å². The molecule has 11 heteroatoms. The SMILES string of the molecule is CC(CSCC(=O)NCC(=O)NCC(N)=O)C(=O)NC(C)C(N)=O. The fraction of sp³-hybridized carbons (Fsp3) is 0.615. The van der Waals surface area contributed by atoms with Crippen molar-refractivity contribution in [1.29, 1.82) is 0 Å². The predicted molar refractivity (Wildman–Crippen MR) is 88.5 cm³/mol. The van der Waals surface area contributed by atoms with Gasteiger partial charge in [-0.25, -0.2) is 0 Å². The molecule has 0 saturated carbocycles. The van der Waals surface area contributed by atoms with Gasteiger partial charge in [0.05, 0.1) is 18.8 Å². The summed E-state index contributed by atoms with van der Waals surface area (Å²) in [5, 5.41) is 7.06. The van der Waals surface area contributed by atoms with Crippen LogP contribution in [-0.2, 0) is 24.0 Å². The van der Waals surface area contributed by atoms with Crippen molar-refractivity contribution in [3.63, 3.8) is 0 Å². The van der Waals surface area contributed by atoms with Crippen LogP contribution in [0.2, 0.25) is 0 Å². The fourth-order valence-corrected chi connectivity index (χ4v) is 2.22. The average Bonchev–Trinajstić information content (AvgIpc) is 2.50. The van der Waals surface area contributed by atoms with Crippen molar-refractivity contribution in [3.05, 3.63) is 0 Å². The summed E-state index contributed by atoms with van der Waals surface area (Å²) in [6.07, 6.45) is 0. The lowest BCUT2D eigenvalue weighted by Gasteiger charge is -2.15. The van der Waals surface area contributed by atoms with Gasteiger partial charge < -0.3 is 27.4 Å². The Morgan fingerprint density at radius 3 is 2.08 bits per heavy atom.